The van der Waals surface area contributed by atoms with Crippen LogP contribution in [0.15, 0.2) is 0 Å². The van der Waals surface area contributed by atoms with Crippen LogP contribution in [0.2, 0.25) is 0 Å². The molecule has 3 heteroatoms. The summed E-state index contributed by atoms with van der Waals surface area (Å²) < 4.78 is 0. The van der Waals surface area contributed by atoms with E-state index in [1.165, 1.54) is 25.7 Å². The fourth-order valence-electron chi connectivity index (χ4n) is 1.98. The molecule has 15 heavy (non-hydrogen) atoms. The van der Waals surface area contributed by atoms with Crippen LogP contribution in [0.25, 0.3) is 0 Å². The first-order valence-electron chi connectivity index (χ1n) is 6.39. The van der Waals surface area contributed by atoms with Crippen molar-refractivity contribution >= 4 is 0 Å². The summed E-state index contributed by atoms with van der Waals surface area (Å²) >= 11 is 0. The maximum absolute atomic E-state index is 9.30. The van der Waals surface area contributed by atoms with E-state index in [0.29, 0.717) is 6.04 Å². The molecule has 2 N–H and O–H groups in total. The zero-order valence-corrected chi connectivity index (χ0v) is 10.2. The van der Waals surface area contributed by atoms with Crippen molar-refractivity contribution in [2.24, 2.45) is 0 Å². The van der Waals surface area contributed by atoms with E-state index >= 15 is 0 Å². The van der Waals surface area contributed by atoms with Crippen LogP contribution in [0.1, 0.15) is 39.5 Å². The van der Waals surface area contributed by atoms with Crippen molar-refractivity contribution in [1.29, 1.82) is 0 Å². The van der Waals surface area contributed by atoms with Gasteiger partial charge in [-0.15, -0.1) is 0 Å². The summed E-state index contributed by atoms with van der Waals surface area (Å²) in [6.07, 6.45) is 4.97. The Labute approximate surface area is 93.9 Å². The molecule has 1 unspecified atom stereocenters. The van der Waals surface area contributed by atoms with E-state index in [-0.39, 0.29) is 12.6 Å². The van der Waals surface area contributed by atoms with Gasteiger partial charge in [-0.1, -0.05) is 13.8 Å². The van der Waals surface area contributed by atoms with Crippen molar-refractivity contribution in [3.8, 4) is 0 Å². The van der Waals surface area contributed by atoms with E-state index < -0.39 is 0 Å². The molecule has 1 rings (SSSR count). The molecule has 1 fully saturated rings. The first-order valence-corrected chi connectivity index (χ1v) is 6.39. The van der Waals surface area contributed by atoms with Crippen LogP contribution < -0.4 is 5.32 Å². The molecule has 0 amide bonds. The molecule has 1 saturated carbocycles. The van der Waals surface area contributed by atoms with E-state index in [1.807, 2.05) is 0 Å². The lowest BCUT2D eigenvalue weighted by Gasteiger charge is -2.26. The molecule has 0 heterocycles. The lowest BCUT2D eigenvalue weighted by Crippen LogP contribution is -2.44. The van der Waals surface area contributed by atoms with Crippen molar-refractivity contribution in [1.82, 2.24) is 10.2 Å². The van der Waals surface area contributed by atoms with Gasteiger partial charge in [0, 0.05) is 18.6 Å². The van der Waals surface area contributed by atoms with E-state index in [2.05, 4.69) is 24.1 Å². The molecule has 90 valence electrons. The number of aliphatic hydroxyl groups is 1. The monoisotopic (exact) mass is 214 g/mol. The molecule has 0 aromatic rings. The highest BCUT2D eigenvalue weighted by atomic mass is 16.3. The van der Waals surface area contributed by atoms with Crippen LogP contribution in [-0.2, 0) is 0 Å². The van der Waals surface area contributed by atoms with Gasteiger partial charge in [0.25, 0.3) is 0 Å². The maximum Gasteiger partial charge on any atom is 0.0597 e. The number of aliphatic hydroxyl groups excluding tert-OH is 1. The third-order valence-electron chi connectivity index (χ3n) is 2.83. The lowest BCUT2D eigenvalue weighted by atomic mass is 10.2. The highest BCUT2D eigenvalue weighted by Crippen LogP contribution is 2.19. The van der Waals surface area contributed by atoms with Gasteiger partial charge in [0.1, 0.15) is 0 Å². The largest absolute Gasteiger partial charge is 0.395 e. The Morgan fingerprint density at radius 1 is 1.27 bits per heavy atom. The SMILES string of the molecule is CCCN(CCC)CC(CO)NC1CC1. The fraction of sp³-hybridized carbons (Fsp3) is 1.00. The topological polar surface area (TPSA) is 35.5 Å². The summed E-state index contributed by atoms with van der Waals surface area (Å²) in [6.45, 7) is 7.98. The van der Waals surface area contributed by atoms with Crippen LogP contribution in [-0.4, -0.2) is 48.3 Å². The average Bonchev–Trinajstić information content (AvgIpc) is 3.01. The second kappa shape index (κ2) is 7.20. The molecule has 0 saturated heterocycles. The van der Waals surface area contributed by atoms with Gasteiger partial charge in [-0.25, -0.2) is 0 Å². The van der Waals surface area contributed by atoms with Crippen molar-refractivity contribution in [3.63, 3.8) is 0 Å². The number of nitrogens with zero attached hydrogens (tertiary/aromatic N) is 1. The third-order valence-corrected chi connectivity index (χ3v) is 2.83. The van der Waals surface area contributed by atoms with Gasteiger partial charge in [0.2, 0.25) is 0 Å². The first kappa shape index (κ1) is 12.9. The Bertz CT molecular complexity index is 154. The predicted molar refractivity (Wildman–Crippen MR) is 64.1 cm³/mol. The average molecular weight is 214 g/mol. The summed E-state index contributed by atoms with van der Waals surface area (Å²) in [5.74, 6) is 0. The molecule has 1 aliphatic carbocycles. The minimum absolute atomic E-state index is 0.264. The molecule has 3 nitrogen and oxygen atoms in total. The molecular weight excluding hydrogens is 188 g/mol. The normalized spacial score (nSPS) is 18.4. The Kier molecular flexibility index (Phi) is 6.22. The first-order chi connectivity index (χ1) is 7.30. The number of rotatable bonds is 9. The molecule has 0 bridgehead atoms. The minimum Gasteiger partial charge on any atom is -0.395 e. The highest BCUT2D eigenvalue weighted by molar-refractivity contribution is 4.85. The predicted octanol–water partition coefficient (Wildman–Crippen LogP) is 1.22. The van der Waals surface area contributed by atoms with Gasteiger partial charge < -0.3 is 15.3 Å². The molecule has 1 atom stereocenters. The summed E-state index contributed by atoms with van der Waals surface area (Å²) in [7, 11) is 0. The van der Waals surface area contributed by atoms with E-state index in [9.17, 15) is 5.11 Å². The van der Waals surface area contributed by atoms with Gasteiger partial charge in [-0.05, 0) is 38.8 Å². The van der Waals surface area contributed by atoms with Crippen LogP contribution >= 0.6 is 0 Å². The van der Waals surface area contributed by atoms with Crippen LogP contribution in [0.5, 0.6) is 0 Å². The van der Waals surface area contributed by atoms with Crippen LogP contribution in [0.3, 0.4) is 0 Å². The van der Waals surface area contributed by atoms with E-state index in [0.717, 1.165) is 19.6 Å². The quantitative estimate of drug-likeness (QED) is 0.606. The lowest BCUT2D eigenvalue weighted by molar-refractivity contribution is 0.180. The fourth-order valence-corrected chi connectivity index (χ4v) is 1.98. The van der Waals surface area contributed by atoms with E-state index in [4.69, 9.17) is 0 Å². The zero-order valence-electron chi connectivity index (χ0n) is 10.2. The van der Waals surface area contributed by atoms with Gasteiger partial charge in [-0.3, -0.25) is 0 Å². The Morgan fingerprint density at radius 2 is 1.87 bits per heavy atom. The van der Waals surface area contributed by atoms with Crippen molar-refractivity contribution in [2.75, 3.05) is 26.2 Å². The van der Waals surface area contributed by atoms with Crippen LogP contribution in [0.4, 0.5) is 0 Å². The molecule has 0 spiro atoms. The maximum atomic E-state index is 9.30. The number of hydrogen-bond donors (Lipinski definition) is 2. The van der Waals surface area contributed by atoms with Crippen molar-refractivity contribution in [2.45, 2.75) is 51.6 Å². The van der Waals surface area contributed by atoms with Crippen LogP contribution in [0, 0.1) is 0 Å². The summed E-state index contributed by atoms with van der Waals surface area (Å²) in [6, 6.07) is 0.961. The molecule has 0 aromatic heterocycles. The Balaban J connectivity index is 2.24. The Morgan fingerprint density at radius 3 is 2.27 bits per heavy atom. The third kappa shape index (κ3) is 5.50. The second-order valence-corrected chi connectivity index (χ2v) is 4.62. The van der Waals surface area contributed by atoms with Gasteiger partial charge in [0.15, 0.2) is 0 Å². The zero-order chi connectivity index (χ0) is 11.1. The minimum atomic E-state index is 0.264. The molecule has 1 aliphatic rings. The van der Waals surface area contributed by atoms with Gasteiger partial charge >= 0.3 is 0 Å². The summed E-state index contributed by atoms with van der Waals surface area (Å²) in [5, 5.41) is 12.8. The molecule has 0 radical (unpaired) electrons. The Hall–Kier alpha value is -0.120. The molecule has 0 aliphatic heterocycles. The standard InChI is InChI=1S/C12H26N2O/c1-3-7-14(8-4-2)9-12(10-15)13-11-5-6-11/h11-13,15H,3-10H2,1-2H3. The number of hydrogen-bond acceptors (Lipinski definition) is 3. The second-order valence-electron chi connectivity index (χ2n) is 4.62. The van der Waals surface area contributed by atoms with Gasteiger partial charge in [0.05, 0.1) is 6.61 Å². The molecular formula is C12H26N2O. The van der Waals surface area contributed by atoms with Gasteiger partial charge in [-0.2, -0.15) is 0 Å². The highest BCUT2D eigenvalue weighted by Gasteiger charge is 2.24. The van der Waals surface area contributed by atoms with Crippen molar-refractivity contribution in [3.05, 3.63) is 0 Å². The smallest absolute Gasteiger partial charge is 0.0597 e. The summed E-state index contributed by atoms with van der Waals surface area (Å²) in [5.41, 5.74) is 0. The number of nitrogens with one attached hydrogen (secondary N) is 1. The van der Waals surface area contributed by atoms with E-state index in [1.54, 1.807) is 0 Å². The molecule has 0 aromatic carbocycles. The summed E-state index contributed by atoms with van der Waals surface area (Å²) in [4.78, 5) is 2.45. The van der Waals surface area contributed by atoms with Crippen molar-refractivity contribution < 1.29 is 5.11 Å².